The Labute approximate surface area is 133 Å². The third kappa shape index (κ3) is 4.64. The summed E-state index contributed by atoms with van der Waals surface area (Å²) in [7, 11) is 0. The summed E-state index contributed by atoms with van der Waals surface area (Å²) in [5, 5.41) is 7.91. The number of nitrogens with zero attached hydrogens (tertiary/aromatic N) is 2. The van der Waals surface area contributed by atoms with Gasteiger partial charge in [0, 0.05) is 33.9 Å². The summed E-state index contributed by atoms with van der Waals surface area (Å²) >= 11 is 3.27. The monoisotopic (exact) mass is 353 g/mol. The summed E-state index contributed by atoms with van der Waals surface area (Å²) in [6, 6.07) is 5.11. The molecule has 0 aliphatic carbocycles. The first-order chi connectivity index (χ1) is 9.74. The summed E-state index contributed by atoms with van der Waals surface area (Å²) in [5.74, 6) is -0.216. The maximum atomic E-state index is 13.9. The maximum Gasteiger partial charge on any atom is 0.129 e. The van der Waals surface area contributed by atoms with Crippen LogP contribution in [0.5, 0.6) is 0 Å². The van der Waals surface area contributed by atoms with E-state index in [1.165, 1.54) is 6.07 Å². The Hall–Kier alpha value is -1.20. The first-order valence-corrected chi connectivity index (χ1v) is 7.76. The van der Waals surface area contributed by atoms with Crippen LogP contribution in [0, 0.1) is 12.7 Å². The van der Waals surface area contributed by atoms with E-state index in [0.29, 0.717) is 12.1 Å². The average molecular weight is 354 g/mol. The molecule has 0 aliphatic rings. The van der Waals surface area contributed by atoms with Gasteiger partial charge in [0.05, 0.1) is 12.2 Å². The highest BCUT2D eigenvalue weighted by Crippen LogP contribution is 2.17. The lowest BCUT2D eigenvalue weighted by molar-refractivity contribution is 0.423. The van der Waals surface area contributed by atoms with Gasteiger partial charge < -0.3 is 5.32 Å². The number of halogens is 2. The summed E-state index contributed by atoms with van der Waals surface area (Å²) < 4.78 is 16.4. The molecule has 0 aliphatic heterocycles. The molecular weight excluding hydrogens is 333 g/mol. The van der Waals surface area contributed by atoms with Gasteiger partial charge in [-0.25, -0.2) is 4.39 Å². The van der Waals surface area contributed by atoms with Gasteiger partial charge in [0.15, 0.2) is 0 Å². The fourth-order valence-corrected chi connectivity index (χ4v) is 2.33. The average Bonchev–Trinajstić information content (AvgIpc) is 2.70. The molecule has 2 aromatic rings. The van der Waals surface area contributed by atoms with Crippen LogP contribution in [0.15, 0.2) is 28.9 Å². The molecule has 1 heterocycles. The second-order valence-corrected chi connectivity index (χ2v) is 7.19. The van der Waals surface area contributed by atoms with Crippen molar-refractivity contribution in [1.82, 2.24) is 15.1 Å². The van der Waals surface area contributed by atoms with Gasteiger partial charge in [0.2, 0.25) is 0 Å². The van der Waals surface area contributed by atoms with Gasteiger partial charge in [-0.2, -0.15) is 5.10 Å². The van der Waals surface area contributed by atoms with Crippen molar-refractivity contribution in [3.05, 3.63) is 51.5 Å². The van der Waals surface area contributed by atoms with E-state index >= 15 is 0 Å². The molecule has 2 rings (SSSR count). The predicted molar refractivity (Wildman–Crippen MR) is 86.8 cm³/mol. The second-order valence-electron chi connectivity index (χ2n) is 6.28. The summed E-state index contributed by atoms with van der Waals surface area (Å²) in [6.45, 7) is 9.57. The summed E-state index contributed by atoms with van der Waals surface area (Å²) in [6.07, 6.45) is 1.98. The zero-order chi connectivity index (χ0) is 15.6. The number of rotatable bonds is 4. The highest BCUT2D eigenvalue weighted by atomic mass is 79.9. The fraction of sp³-hybridized carbons (Fsp3) is 0.438. The Kier molecular flexibility index (Phi) is 4.84. The molecule has 1 aromatic heterocycles. The predicted octanol–water partition coefficient (Wildman–Crippen LogP) is 4.03. The number of nitrogens with one attached hydrogen (secondary N) is 1. The Morgan fingerprint density at radius 1 is 1.29 bits per heavy atom. The lowest BCUT2D eigenvalue weighted by Crippen LogP contribution is -2.35. The highest BCUT2D eigenvalue weighted by molar-refractivity contribution is 9.10. The molecule has 1 aromatic carbocycles. The van der Waals surface area contributed by atoms with E-state index in [1.807, 2.05) is 19.2 Å². The van der Waals surface area contributed by atoms with Crippen molar-refractivity contribution in [3.63, 3.8) is 0 Å². The van der Waals surface area contributed by atoms with E-state index in [4.69, 9.17) is 0 Å². The minimum atomic E-state index is -0.216. The van der Waals surface area contributed by atoms with Crippen molar-refractivity contribution in [3.8, 4) is 0 Å². The Morgan fingerprint density at radius 3 is 2.62 bits per heavy atom. The van der Waals surface area contributed by atoms with Gasteiger partial charge in [-0.3, -0.25) is 4.68 Å². The van der Waals surface area contributed by atoms with Gasteiger partial charge >= 0.3 is 0 Å². The number of benzene rings is 1. The molecule has 3 nitrogen and oxygen atoms in total. The molecule has 21 heavy (non-hydrogen) atoms. The SMILES string of the molecule is Cc1nn(Cc2ccc(Br)cc2F)cc1CNC(C)(C)C. The second kappa shape index (κ2) is 6.28. The summed E-state index contributed by atoms with van der Waals surface area (Å²) in [5.41, 5.74) is 2.81. The van der Waals surface area contributed by atoms with Crippen molar-refractivity contribution in [2.45, 2.75) is 46.3 Å². The van der Waals surface area contributed by atoms with Gasteiger partial charge in [0.25, 0.3) is 0 Å². The molecule has 5 heteroatoms. The standard InChI is InChI=1S/C16H21BrFN3/c1-11-13(8-19-16(2,3)4)10-21(20-11)9-12-5-6-14(17)7-15(12)18/h5-7,10,19H,8-9H2,1-4H3. The molecule has 0 fully saturated rings. The quantitative estimate of drug-likeness (QED) is 0.899. The van der Waals surface area contributed by atoms with E-state index in [9.17, 15) is 4.39 Å². The van der Waals surface area contributed by atoms with Crippen molar-refractivity contribution in [2.24, 2.45) is 0 Å². The third-order valence-corrected chi connectivity index (χ3v) is 3.70. The smallest absolute Gasteiger partial charge is 0.129 e. The van der Waals surface area contributed by atoms with Gasteiger partial charge in [-0.15, -0.1) is 0 Å². The van der Waals surface area contributed by atoms with E-state index in [1.54, 1.807) is 10.7 Å². The molecule has 0 saturated carbocycles. The first kappa shape index (κ1) is 16.2. The molecular formula is C16H21BrFN3. The Bertz CT molecular complexity index is 629. The molecule has 0 saturated heterocycles. The molecule has 0 amide bonds. The number of hydrogen-bond acceptors (Lipinski definition) is 2. The fourth-order valence-electron chi connectivity index (χ4n) is 2.00. The molecule has 114 valence electrons. The van der Waals surface area contributed by atoms with Crippen molar-refractivity contribution < 1.29 is 4.39 Å². The van der Waals surface area contributed by atoms with Crippen LogP contribution in [0.25, 0.3) is 0 Å². The lowest BCUT2D eigenvalue weighted by Gasteiger charge is -2.20. The van der Waals surface area contributed by atoms with E-state index in [-0.39, 0.29) is 11.4 Å². The van der Waals surface area contributed by atoms with Gasteiger partial charge in [-0.05, 0) is 39.8 Å². The number of aromatic nitrogens is 2. The van der Waals surface area contributed by atoms with Crippen LogP contribution in [-0.4, -0.2) is 15.3 Å². The molecule has 0 atom stereocenters. The van der Waals surface area contributed by atoms with Crippen LogP contribution in [0.4, 0.5) is 4.39 Å². The molecule has 0 spiro atoms. The Balaban J connectivity index is 2.11. The number of aryl methyl sites for hydroxylation is 1. The van der Waals surface area contributed by atoms with E-state index < -0.39 is 0 Å². The topological polar surface area (TPSA) is 29.9 Å². The van der Waals surface area contributed by atoms with Crippen molar-refractivity contribution in [1.29, 1.82) is 0 Å². The zero-order valence-corrected chi connectivity index (χ0v) is 14.5. The van der Waals surface area contributed by atoms with Gasteiger partial charge in [-0.1, -0.05) is 22.0 Å². The van der Waals surface area contributed by atoms with Crippen LogP contribution >= 0.6 is 15.9 Å². The first-order valence-electron chi connectivity index (χ1n) is 6.96. The van der Waals surface area contributed by atoms with Crippen LogP contribution in [0.3, 0.4) is 0 Å². The van der Waals surface area contributed by atoms with Crippen molar-refractivity contribution in [2.75, 3.05) is 0 Å². The summed E-state index contributed by atoms with van der Waals surface area (Å²) in [4.78, 5) is 0. The van der Waals surface area contributed by atoms with Crippen LogP contribution in [0.1, 0.15) is 37.6 Å². The van der Waals surface area contributed by atoms with E-state index in [0.717, 1.165) is 22.3 Å². The number of hydrogen-bond donors (Lipinski definition) is 1. The van der Waals surface area contributed by atoms with Crippen LogP contribution in [0.2, 0.25) is 0 Å². The van der Waals surface area contributed by atoms with Crippen molar-refractivity contribution >= 4 is 15.9 Å². The van der Waals surface area contributed by atoms with Gasteiger partial charge in [0.1, 0.15) is 5.82 Å². The molecule has 0 unspecified atom stereocenters. The molecule has 1 N–H and O–H groups in total. The molecule has 0 radical (unpaired) electrons. The molecule has 0 bridgehead atoms. The Morgan fingerprint density at radius 2 is 2.00 bits per heavy atom. The minimum absolute atomic E-state index is 0.0619. The zero-order valence-electron chi connectivity index (χ0n) is 12.9. The highest BCUT2D eigenvalue weighted by Gasteiger charge is 2.12. The minimum Gasteiger partial charge on any atom is -0.308 e. The largest absolute Gasteiger partial charge is 0.308 e. The normalized spacial score (nSPS) is 11.9. The third-order valence-electron chi connectivity index (χ3n) is 3.20. The van der Waals surface area contributed by atoms with Crippen LogP contribution in [-0.2, 0) is 13.1 Å². The van der Waals surface area contributed by atoms with Crippen LogP contribution < -0.4 is 5.32 Å². The van der Waals surface area contributed by atoms with E-state index in [2.05, 4.69) is 47.1 Å². The maximum absolute atomic E-state index is 13.9. The lowest BCUT2D eigenvalue weighted by atomic mass is 10.1.